The molecule has 0 aromatic heterocycles. The fourth-order valence-corrected chi connectivity index (χ4v) is 3.23. The van der Waals surface area contributed by atoms with E-state index < -0.39 is 0 Å². The molecule has 2 fully saturated rings. The van der Waals surface area contributed by atoms with Crippen LogP contribution in [-0.2, 0) is 0 Å². The molecule has 94 valence electrons. The number of aliphatic hydroxyl groups excluding tert-OH is 1. The molecule has 16 heavy (non-hydrogen) atoms. The predicted octanol–water partition coefficient (Wildman–Crippen LogP) is 1.08. The molecule has 2 aliphatic heterocycles. The van der Waals surface area contributed by atoms with Crippen LogP contribution in [-0.4, -0.2) is 48.8 Å². The van der Waals surface area contributed by atoms with E-state index in [1.54, 1.807) is 0 Å². The highest BCUT2D eigenvalue weighted by Crippen LogP contribution is 2.28. The summed E-state index contributed by atoms with van der Waals surface area (Å²) in [6.45, 7) is 7.50. The summed E-state index contributed by atoms with van der Waals surface area (Å²) in [6, 6.07) is 0.376. The molecule has 0 radical (unpaired) electrons. The van der Waals surface area contributed by atoms with Gasteiger partial charge in [-0.3, -0.25) is 0 Å². The van der Waals surface area contributed by atoms with Crippen molar-refractivity contribution in [3.63, 3.8) is 0 Å². The molecule has 0 spiro atoms. The summed E-state index contributed by atoms with van der Waals surface area (Å²) in [7, 11) is 0. The van der Waals surface area contributed by atoms with Crippen molar-refractivity contribution >= 4 is 0 Å². The van der Waals surface area contributed by atoms with E-state index in [1.165, 1.54) is 45.3 Å². The number of piperidine rings is 1. The van der Waals surface area contributed by atoms with E-state index in [2.05, 4.69) is 17.1 Å². The van der Waals surface area contributed by atoms with Gasteiger partial charge in [0.05, 0.1) is 6.61 Å². The molecular weight excluding hydrogens is 200 g/mol. The summed E-state index contributed by atoms with van der Waals surface area (Å²) < 4.78 is 0. The van der Waals surface area contributed by atoms with Gasteiger partial charge in [0.25, 0.3) is 0 Å². The minimum atomic E-state index is 0.310. The Morgan fingerprint density at radius 3 is 2.56 bits per heavy atom. The van der Waals surface area contributed by atoms with Crippen LogP contribution in [0.5, 0.6) is 0 Å². The van der Waals surface area contributed by atoms with Crippen molar-refractivity contribution in [1.29, 1.82) is 0 Å². The first kappa shape index (κ1) is 12.3. The first-order valence-corrected chi connectivity index (χ1v) is 6.88. The van der Waals surface area contributed by atoms with Gasteiger partial charge in [0, 0.05) is 6.04 Å². The fourth-order valence-electron chi connectivity index (χ4n) is 3.23. The maximum Gasteiger partial charge on any atom is 0.0584 e. The molecule has 2 rings (SSSR count). The summed E-state index contributed by atoms with van der Waals surface area (Å²) in [5.41, 5.74) is 0. The highest BCUT2D eigenvalue weighted by atomic mass is 16.3. The first-order valence-electron chi connectivity index (χ1n) is 6.88. The van der Waals surface area contributed by atoms with Crippen LogP contribution in [0.3, 0.4) is 0 Å². The second kappa shape index (κ2) is 5.99. The quantitative estimate of drug-likeness (QED) is 0.753. The lowest BCUT2D eigenvalue weighted by atomic mass is 9.86. The monoisotopic (exact) mass is 226 g/mol. The van der Waals surface area contributed by atoms with Gasteiger partial charge in [-0.05, 0) is 63.7 Å². The van der Waals surface area contributed by atoms with Gasteiger partial charge in [0.2, 0.25) is 0 Å². The molecule has 3 heteroatoms. The summed E-state index contributed by atoms with van der Waals surface area (Å²) in [5.74, 6) is 1.75. The zero-order valence-electron chi connectivity index (χ0n) is 10.5. The Kier molecular flexibility index (Phi) is 4.62. The summed E-state index contributed by atoms with van der Waals surface area (Å²) >= 11 is 0. The van der Waals surface area contributed by atoms with E-state index in [-0.39, 0.29) is 0 Å². The number of hydrogen-bond acceptors (Lipinski definition) is 3. The predicted molar refractivity (Wildman–Crippen MR) is 66.4 cm³/mol. The van der Waals surface area contributed by atoms with Gasteiger partial charge in [-0.1, -0.05) is 6.92 Å². The van der Waals surface area contributed by atoms with E-state index in [4.69, 9.17) is 5.11 Å². The third-order valence-corrected chi connectivity index (χ3v) is 4.35. The lowest BCUT2D eigenvalue weighted by Crippen LogP contribution is -2.34. The smallest absolute Gasteiger partial charge is 0.0584 e. The van der Waals surface area contributed by atoms with Crippen LogP contribution in [0.25, 0.3) is 0 Å². The van der Waals surface area contributed by atoms with Crippen LogP contribution >= 0.6 is 0 Å². The van der Waals surface area contributed by atoms with Gasteiger partial charge in [0.15, 0.2) is 0 Å². The molecule has 2 N–H and O–H groups in total. The lowest BCUT2D eigenvalue weighted by Gasteiger charge is -2.32. The van der Waals surface area contributed by atoms with E-state index in [9.17, 15) is 0 Å². The number of nitrogens with zero attached hydrogens (tertiary/aromatic N) is 1. The third-order valence-electron chi connectivity index (χ3n) is 4.35. The van der Waals surface area contributed by atoms with Crippen LogP contribution < -0.4 is 5.32 Å². The maximum atomic E-state index is 9.09. The summed E-state index contributed by atoms with van der Waals surface area (Å²) in [4.78, 5) is 2.56. The molecule has 0 aromatic carbocycles. The van der Waals surface area contributed by atoms with Crippen molar-refractivity contribution in [2.75, 3.05) is 32.8 Å². The van der Waals surface area contributed by atoms with Crippen LogP contribution in [0, 0.1) is 11.8 Å². The van der Waals surface area contributed by atoms with Crippen LogP contribution in [0.1, 0.15) is 32.6 Å². The Hall–Kier alpha value is -0.120. The molecule has 0 amide bonds. The minimum absolute atomic E-state index is 0.310. The second-order valence-electron chi connectivity index (χ2n) is 5.50. The number of hydrogen-bond donors (Lipinski definition) is 2. The number of aliphatic hydroxyl groups is 1. The summed E-state index contributed by atoms with van der Waals surface area (Å²) in [5, 5.41) is 12.5. The van der Waals surface area contributed by atoms with E-state index in [0.717, 1.165) is 18.4 Å². The normalized spacial score (nSPS) is 33.4. The second-order valence-corrected chi connectivity index (χ2v) is 5.50. The van der Waals surface area contributed by atoms with Crippen LogP contribution in [0.4, 0.5) is 0 Å². The molecule has 2 aliphatic rings. The van der Waals surface area contributed by atoms with Gasteiger partial charge in [-0.15, -0.1) is 0 Å². The van der Waals surface area contributed by atoms with Gasteiger partial charge >= 0.3 is 0 Å². The van der Waals surface area contributed by atoms with Gasteiger partial charge < -0.3 is 15.3 Å². The van der Waals surface area contributed by atoms with E-state index >= 15 is 0 Å². The number of likely N-dealkylation sites (tertiary alicyclic amines) is 1. The topological polar surface area (TPSA) is 35.5 Å². The van der Waals surface area contributed by atoms with Crippen LogP contribution in [0.2, 0.25) is 0 Å². The molecule has 0 aromatic rings. The Morgan fingerprint density at radius 2 is 2.00 bits per heavy atom. The zero-order valence-corrected chi connectivity index (χ0v) is 10.5. The van der Waals surface area contributed by atoms with Crippen molar-refractivity contribution < 1.29 is 5.11 Å². The molecule has 2 atom stereocenters. The third kappa shape index (κ3) is 3.19. The van der Waals surface area contributed by atoms with Crippen molar-refractivity contribution in [1.82, 2.24) is 10.2 Å². The molecular formula is C13H26N2O. The van der Waals surface area contributed by atoms with Crippen molar-refractivity contribution in [3.05, 3.63) is 0 Å². The zero-order chi connectivity index (χ0) is 11.4. The molecule has 0 aliphatic carbocycles. The van der Waals surface area contributed by atoms with E-state index in [1.807, 2.05) is 0 Å². The molecule has 2 heterocycles. The largest absolute Gasteiger partial charge is 0.395 e. The highest BCUT2D eigenvalue weighted by molar-refractivity contribution is 4.83. The van der Waals surface area contributed by atoms with Crippen molar-refractivity contribution in [2.45, 2.75) is 38.6 Å². The molecule has 3 nitrogen and oxygen atoms in total. The van der Waals surface area contributed by atoms with Crippen molar-refractivity contribution in [3.8, 4) is 0 Å². The maximum absolute atomic E-state index is 9.09. The van der Waals surface area contributed by atoms with Gasteiger partial charge in [0.1, 0.15) is 0 Å². The fraction of sp³-hybridized carbons (Fsp3) is 1.00. The average Bonchev–Trinajstić information content (AvgIpc) is 2.78. The van der Waals surface area contributed by atoms with Crippen LogP contribution in [0.15, 0.2) is 0 Å². The SMILES string of the molecule is CCN1CCC(CC2CNC(CO)C2)CC1. The Labute approximate surface area is 99.2 Å². The number of nitrogens with one attached hydrogen (secondary N) is 1. The van der Waals surface area contributed by atoms with Gasteiger partial charge in [-0.2, -0.15) is 0 Å². The standard InChI is InChI=1S/C13H26N2O/c1-2-15-5-3-11(4-6-15)7-12-8-13(10-16)14-9-12/h11-14,16H,2-10H2,1H3. The Morgan fingerprint density at radius 1 is 1.25 bits per heavy atom. The molecule has 0 saturated carbocycles. The lowest BCUT2D eigenvalue weighted by molar-refractivity contribution is 0.174. The minimum Gasteiger partial charge on any atom is -0.395 e. The number of rotatable bonds is 4. The van der Waals surface area contributed by atoms with Gasteiger partial charge in [-0.25, -0.2) is 0 Å². The van der Waals surface area contributed by atoms with E-state index in [0.29, 0.717) is 12.6 Å². The average molecular weight is 226 g/mol. The van der Waals surface area contributed by atoms with Crippen molar-refractivity contribution in [2.24, 2.45) is 11.8 Å². The molecule has 2 saturated heterocycles. The first-order chi connectivity index (χ1) is 7.81. The Bertz CT molecular complexity index is 202. The Balaban J connectivity index is 1.67. The highest BCUT2D eigenvalue weighted by Gasteiger charge is 2.27. The molecule has 2 unspecified atom stereocenters. The molecule has 0 bridgehead atoms. The summed E-state index contributed by atoms with van der Waals surface area (Å²) in [6.07, 6.45) is 5.33.